The third-order valence-corrected chi connectivity index (χ3v) is 2.54. The molecule has 0 saturated carbocycles. The van der Waals surface area contributed by atoms with Crippen LogP contribution in [0.3, 0.4) is 0 Å². The van der Waals surface area contributed by atoms with Crippen LogP contribution < -0.4 is 15.4 Å². The van der Waals surface area contributed by atoms with Crippen LogP contribution in [-0.4, -0.2) is 12.0 Å². The second kappa shape index (κ2) is 5.11. The SMILES string of the molecule is CC1Oc2cc(NC=C(C#N)C#N)ccc2NC1=O. The fourth-order valence-corrected chi connectivity index (χ4v) is 1.54. The molecule has 0 aliphatic carbocycles. The molecule has 2 rings (SSSR count). The van der Waals surface area contributed by atoms with Gasteiger partial charge in [-0.05, 0) is 19.1 Å². The van der Waals surface area contributed by atoms with Gasteiger partial charge in [-0.25, -0.2) is 0 Å². The second-order valence-electron chi connectivity index (χ2n) is 3.89. The van der Waals surface area contributed by atoms with Crippen molar-refractivity contribution in [3.63, 3.8) is 0 Å². The fraction of sp³-hybridized carbons (Fsp3) is 0.154. The molecule has 6 nitrogen and oxygen atoms in total. The Bertz CT molecular complexity index is 621. The first-order valence-electron chi connectivity index (χ1n) is 5.52. The molecule has 0 radical (unpaired) electrons. The van der Waals surface area contributed by atoms with Crippen LogP contribution in [0, 0.1) is 22.7 Å². The maximum absolute atomic E-state index is 11.4. The number of ether oxygens (including phenoxy) is 1. The van der Waals surface area contributed by atoms with Gasteiger partial charge < -0.3 is 15.4 Å². The van der Waals surface area contributed by atoms with E-state index in [9.17, 15) is 4.79 Å². The summed E-state index contributed by atoms with van der Waals surface area (Å²) in [4.78, 5) is 11.4. The summed E-state index contributed by atoms with van der Waals surface area (Å²) in [6, 6.07) is 8.58. The minimum atomic E-state index is -0.549. The highest BCUT2D eigenvalue weighted by atomic mass is 16.5. The molecule has 6 heteroatoms. The smallest absolute Gasteiger partial charge is 0.265 e. The summed E-state index contributed by atoms with van der Waals surface area (Å²) in [5.74, 6) is 0.352. The van der Waals surface area contributed by atoms with E-state index in [1.165, 1.54) is 6.20 Å². The lowest BCUT2D eigenvalue weighted by molar-refractivity contribution is -0.122. The topological polar surface area (TPSA) is 97.9 Å². The van der Waals surface area contributed by atoms with Gasteiger partial charge in [0, 0.05) is 18.0 Å². The van der Waals surface area contributed by atoms with Gasteiger partial charge in [0.25, 0.3) is 5.91 Å². The Morgan fingerprint density at radius 3 is 2.89 bits per heavy atom. The highest BCUT2D eigenvalue weighted by Crippen LogP contribution is 2.32. The summed E-state index contributed by atoms with van der Waals surface area (Å²) in [6.07, 6.45) is 0.763. The second-order valence-corrected chi connectivity index (χ2v) is 3.89. The lowest BCUT2D eigenvalue weighted by Crippen LogP contribution is -2.34. The van der Waals surface area contributed by atoms with Crippen LogP contribution >= 0.6 is 0 Å². The van der Waals surface area contributed by atoms with E-state index in [0.29, 0.717) is 17.1 Å². The monoisotopic (exact) mass is 254 g/mol. The van der Waals surface area contributed by atoms with Crippen LogP contribution in [0.25, 0.3) is 0 Å². The number of carbonyl (C=O) groups excluding carboxylic acids is 1. The molecule has 0 aromatic heterocycles. The minimum Gasteiger partial charge on any atom is -0.479 e. The maximum atomic E-state index is 11.4. The molecule has 1 atom stereocenters. The average Bonchev–Trinajstić information content (AvgIpc) is 2.41. The van der Waals surface area contributed by atoms with Crippen LogP contribution in [0.15, 0.2) is 30.0 Å². The normalized spacial score (nSPS) is 15.9. The molecule has 0 fully saturated rings. The van der Waals surface area contributed by atoms with Gasteiger partial charge >= 0.3 is 0 Å². The first-order valence-corrected chi connectivity index (χ1v) is 5.52. The van der Waals surface area contributed by atoms with E-state index in [0.717, 1.165) is 0 Å². The molecule has 1 aliphatic heterocycles. The average molecular weight is 254 g/mol. The van der Waals surface area contributed by atoms with E-state index >= 15 is 0 Å². The molecule has 1 aromatic carbocycles. The third kappa shape index (κ3) is 2.64. The zero-order valence-electron chi connectivity index (χ0n) is 10.1. The Balaban J connectivity index is 2.21. The number of nitrogens with one attached hydrogen (secondary N) is 2. The number of carbonyl (C=O) groups is 1. The number of benzene rings is 1. The Labute approximate surface area is 109 Å². The molecule has 0 bridgehead atoms. The number of rotatable bonds is 2. The molecule has 0 saturated heterocycles. The van der Waals surface area contributed by atoms with Crippen molar-refractivity contribution in [2.24, 2.45) is 0 Å². The number of anilines is 2. The third-order valence-electron chi connectivity index (χ3n) is 2.54. The summed E-state index contributed by atoms with van der Waals surface area (Å²) >= 11 is 0. The highest BCUT2D eigenvalue weighted by Gasteiger charge is 2.23. The fourth-order valence-electron chi connectivity index (χ4n) is 1.54. The van der Waals surface area contributed by atoms with Gasteiger partial charge in [0.1, 0.15) is 23.5 Å². The number of hydrogen-bond acceptors (Lipinski definition) is 5. The first kappa shape index (κ1) is 12.5. The minimum absolute atomic E-state index is 0.0275. The quantitative estimate of drug-likeness (QED) is 0.783. The summed E-state index contributed by atoms with van der Waals surface area (Å²) in [5, 5.41) is 22.7. The number of amides is 1. The van der Waals surface area contributed by atoms with E-state index in [1.807, 2.05) is 0 Å². The predicted molar refractivity (Wildman–Crippen MR) is 68.1 cm³/mol. The van der Waals surface area contributed by atoms with Gasteiger partial charge in [-0.15, -0.1) is 0 Å². The van der Waals surface area contributed by atoms with E-state index in [2.05, 4.69) is 10.6 Å². The molecular weight excluding hydrogens is 244 g/mol. The van der Waals surface area contributed by atoms with Crippen molar-refractivity contribution in [2.75, 3.05) is 10.6 Å². The summed E-state index contributed by atoms with van der Waals surface area (Å²) in [5.41, 5.74) is 1.23. The van der Waals surface area contributed by atoms with Gasteiger partial charge in [0.2, 0.25) is 0 Å². The number of nitriles is 2. The number of nitrogens with zero attached hydrogens (tertiary/aromatic N) is 2. The van der Waals surface area contributed by atoms with Crippen LogP contribution in [0.4, 0.5) is 11.4 Å². The van der Waals surface area contributed by atoms with Crippen molar-refractivity contribution in [1.29, 1.82) is 10.5 Å². The maximum Gasteiger partial charge on any atom is 0.265 e. The van der Waals surface area contributed by atoms with E-state index in [-0.39, 0.29) is 11.5 Å². The first-order chi connectivity index (χ1) is 9.13. The molecule has 19 heavy (non-hydrogen) atoms. The molecular formula is C13H10N4O2. The van der Waals surface area contributed by atoms with Gasteiger partial charge in [0.05, 0.1) is 5.69 Å². The van der Waals surface area contributed by atoms with Gasteiger partial charge in [-0.1, -0.05) is 0 Å². The molecule has 1 unspecified atom stereocenters. The van der Waals surface area contributed by atoms with E-state index in [1.54, 1.807) is 37.3 Å². The standard InChI is InChI=1S/C13H10N4O2/c1-8-13(18)17-11-3-2-10(4-12(11)19-8)16-7-9(5-14)6-15/h2-4,7-8,16H,1H3,(H,17,18). The Morgan fingerprint density at radius 2 is 2.21 bits per heavy atom. The Morgan fingerprint density at radius 1 is 1.47 bits per heavy atom. The Hall–Kier alpha value is -2.99. The molecule has 94 valence electrons. The number of fused-ring (bicyclic) bond motifs is 1. The summed E-state index contributed by atoms with van der Waals surface area (Å²) in [6.45, 7) is 1.65. The lowest BCUT2D eigenvalue weighted by Gasteiger charge is -2.23. The molecule has 1 amide bonds. The summed E-state index contributed by atoms with van der Waals surface area (Å²) in [7, 11) is 0. The van der Waals surface area contributed by atoms with Crippen molar-refractivity contribution in [1.82, 2.24) is 0 Å². The molecule has 1 heterocycles. The predicted octanol–water partition coefficient (Wildman–Crippen LogP) is 1.75. The van der Waals surface area contributed by atoms with Gasteiger partial charge in [-0.3, -0.25) is 4.79 Å². The molecule has 0 spiro atoms. The van der Waals surface area contributed by atoms with Crippen molar-refractivity contribution in [3.05, 3.63) is 30.0 Å². The zero-order valence-corrected chi connectivity index (χ0v) is 10.1. The zero-order chi connectivity index (χ0) is 13.8. The van der Waals surface area contributed by atoms with Gasteiger partial charge in [0.15, 0.2) is 6.10 Å². The molecule has 1 aromatic rings. The van der Waals surface area contributed by atoms with Crippen molar-refractivity contribution in [3.8, 4) is 17.9 Å². The van der Waals surface area contributed by atoms with Crippen LogP contribution in [0.1, 0.15) is 6.92 Å². The molecule has 2 N–H and O–H groups in total. The Kier molecular flexibility index (Phi) is 3.35. The van der Waals surface area contributed by atoms with E-state index in [4.69, 9.17) is 15.3 Å². The van der Waals surface area contributed by atoms with Crippen LogP contribution in [0.2, 0.25) is 0 Å². The lowest BCUT2D eigenvalue weighted by atomic mass is 10.2. The van der Waals surface area contributed by atoms with Crippen LogP contribution in [-0.2, 0) is 4.79 Å². The van der Waals surface area contributed by atoms with Gasteiger partial charge in [-0.2, -0.15) is 10.5 Å². The highest BCUT2D eigenvalue weighted by molar-refractivity contribution is 5.97. The number of hydrogen-bond donors (Lipinski definition) is 2. The number of allylic oxidation sites excluding steroid dienone is 1. The molecule has 1 aliphatic rings. The largest absolute Gasteiger partial charge is 0.479 e. The van der Waals surface area contributed by atoms with Crippen molar-refractivity contribution >= 4 is 17.3 Å². The van der Waals surface area contributed by atoms with Crippen LogP contribution in [0.5, 0.6) is 5.75 Å². The van der Waals surface area contributed by atoms with Crippen molar-refractivity contribution in [2.45, 2.75) is 13.0 Å². The van der Waals surface area contributed by atoms with Crippen molar-refractivity contribution < 1.29 is 9.53 Å². The van der Waals surface area contributed by atoms with E-state index < -0.39 is 6.10 Å². The summed E-state index contributed by atoms with van der Waals surface area (Å²) < 4.78 is 5.44.